The first-order valence-corrected chi connectivity index (χ1v) is 5.76. The van der Waals surface area contributed by atoms with E-state index >= 15 is 0 Å². The third kappa shape index (κ3) is 2.61. The fraction of sp³-hybridized carbons (Fsp3) is 0.308. The lowest BCUT2D eigenvalue weighted by Gasteiger charge is -2.01. The highest BCUT2D eigenvalue weighted by Gasteiger charge is 2.12. The lowest BCUT2D eigenvalue weighted by atomic mass is 10.1. The van der Waals surface area contributed by atoms with Crippen molar-refractivity contribution >= 4 is 5.78 Å². The number of nitrogens with zero attached hydrogens (tertiary/aromatic N) is 3. The summed E-state index contributed by atoms with van der Waals surface area (Å²) >= 11 is 0. The van der Waals surface area contributed by atoms with Crippen LogP contribution in [0.4, 0.5) is 4.39 Å². The van der Waals surface area contributed by atoms with Gasteiger partial charge in [0.2, 0.25) is 0 Å². The molecular formula is C13H14FN3O. The fourth-order valence-electron chi connectivity index (χ4n) is 1.71. The van der Waals surface area contributed by atoms with E-state index in [1.54, 1.807) is 11.7 Å². The zero-order valence-electron chi connectivity index (χ0n) is 10.4. The standard InChI is InChI=1S/C13H14FN3O/c1-3-10-6-11(17(2)16-10)7-13(18)12-5-4-9(14)8-15-12/h4-6,8H,3,7H2,1-2H3. The van der Waals surface area contributed by atoms with Gasteiger partial charge in [-0.05, 0) is 24.6 Å². The normalized spacial score (nSPS) is 10.6. The second-order valence-corrected chi connectivity index (χ2v) is 4.07. The predicted molar refractivity (Wildman–Crippen MR) is 64.8 cm³/mol. The number of Topliss-reactive ketones (excluding diaryl/α,β-unsaturated/α-hetero) is 1. The molecule has 0 aliphatic carbocycles. The first-order chi connectivity index (χ1) is 8.60. The molecule has 4 nitrogen and oxygen atoms in total. The van der Waals surface area contributed by atoms with Gasteiger partial charge in [-0.1, -0.05) is 6.92 Å². The van der Waals surface area contributed by atoms with E-state index in [1.807, 2.05) is 13.0 Å². The summed E-state index contributed by atoms with van der Waals surface area (Å²) < 4.78 is 14.4. The van der Waals surface area contributed by atoms with E-state index in [4.69, 9.17) is 0 Å². The van der Waals surface area contributed by atoms with Gasteiger partial charge in [0.05, 0.1) is 18.3 Å². The quantitative estimate of drug-likeness (QED) is 0.776. The SMILES string of the molecule is CCc1cc(CC(=O)c2ccc(F)cn2)n(C)n1. The summed E-state index contributed by atoms with van der Waals surface area (Å²) in [5.41, 5.74) is 2.06. The minimum atomic E-state index is -0.444. The molecule has 0 unspecified atom stereocenters. The van der Waals surface area contributed by atoms with Gasteiger partial charge in [0.1, 0.15) is 11.5 Å². The molecule has 0 amide bonds. The molecule has 0 saturated carbocycles. The summed E-state index contributed by atoms with van der Waals surface area (Å²) in [6, 6.07) is 4.54. The average Bonchev–Trinajstić information content (AvgIpc) is 2.71. The number of carbonyl (C=O) groups excluding carboxylic acids is 1. The van der Waals surface area contributed by atoms with Crippen molar-refractivity contribution in [2.75, 3.05) is 0 Å². The summed E-state index contributed by atoms with van der Waals surface area (Å²) in [6.45, 7) is 2.01. The Morgan fingerprint density at radius 3 is 2.78 bits per heavy atom. The van der Waals surface area contributed by atoms with Gasteiger partial charge >= 0.3 is 0 Å². The van der Waals surface area contributed by atoms with Gasteiger partial charge in [0.25, 0.3) is 0 Å². The van der Waals surface area contributed by atoms with E-state index < -0.39 is 5.82 Å². The van der Waals surface area contributed by atoms with Crippen LogP contribution in [0.25, 0.3) is 0 Å². The maximum absolute atomic E-state index is 12.7. The minimum Gasteiger partial charge on any atom is -0.292 e. The molecule has 18 heavy (non-hydrogen) atoms. The molecule has 5 heteroatoms. The first-order valence-electron chi connectivity index (χ1n) is 5.76. The summed E-state index contributed by atoms with van der Waals surface area (Å²) in [4.78, 5) is 15.7. The van der Waals surface area contributed by atoms with E-state index in [-0.39, 0.29) is 17.9 Å². The molecule has 2 aromatic heterocycles. The number of aryl methyl sites for hydroxylation is 2. The Bertz CT molecular complexity index is 560. The Labute approximate surface area is 104 Å². The van der Waals surface area contributed by atoms with Gasteiger partial charge in [0, 0.05) is 12.7 Å². The zero-order chi connectivity index (χ0) is 13.1. The van der Waals surface area contributed by atoms with Crippen LogP contribution < -0.4 is 0 Å². The number of hydrogen-bond acceptors (Lipinski definition) is 3. The lowest BCUT2D eigenvalue weighted by Crippen LogP contribution is -2.09. The van der Waals surface area contributed by atoms with Crippen LogP contribution in [0.2, 0.25) is 0 Å². The van der Waals surface area contributed by atoms with Crippen molar-refractivity contribution < 1.29 is 9.18 Å². The molecule has 0 bridgehead atoms. The molecule has 2 rings (SSSR count). The number of rotatable bonds is 4. The van der Waals surface area contributed by atoms with Crippen molar-refractivity contribution in [3.63, 3.8) is 0 Å². The summed E-state index contributed by atoms with van der Waals surface area (Å²) in [5, 5.41) is 4.27. The number of pyridine rings is 1. The fourth-order valence-corrected chi connectivity index (χ4v) is 1.71. The number of carbonyl (C=O) groups is 1. The Kier molecular flexibility index (Phi) is 3.50. The number of halogens is 1. The third-order valence-corrected chi connectivity index (χ3v) is 2.74. The first kappa shape index (κ1) is 12.4. The molecular weight excluding hydrogens is 233 g/mol. The van der Waals surface area contributed by atoms with E-state index in [0.717, 1.165) is 24.0 Å². The summed E-state index contributed by atoms with van der Waals surface area (Å²) in [5.74, 6) is -0.582. The Morgan fingerprint density at radius 2 is 2.22 bits per heavy atom. The number of ketones is 1. The van der Waals surface area contributed by atoms with Gasteiger partial charge < -0.3 is 0 Å². The highest BCUT2D eigenvalue weighted by Crippen LogP contribution is 2.08. The van der Waals surface area contributed by atoms with Crippen molar-refractivity contribution in [2.24, 2.45) is 7.05 Å². The molecule has 0 spiro atoms. The van der Waals surface area contributed by atoms with E-state index in [9.17, 15) is 9.18 Å². The molecule has 0 saturated heterocycles. The zero-order valence-corrected chi connectivity index (χ0v) is 10.4. The van der Waals surface area contributed by atoms with Crippen molar-refractivity contribution in [2.45, 2.75) is 19.8 Å². The maximum Gasteiger partial charge on any atom is 0.187 e. The van der Waals surface area contributed by atoms with E-state index in [1.165, 1.54) is 12.1 Å². The van der Waals surface area contributed by atoms with Crippen LogP contribution in [0.1, 0.15) is 28.8 Å². The molecule has 0 atom stereocenters. The second kappa shape index (κ2) is 5.08. The molecule has 0 aliphatic rings. The van der Waals surface area contributed by atoms with Gasteiger partial charge in [0.15, 0.2) is 5.78 Å². The van der Waals surface area contributed by atoms with Gasteiger partial charge in [-0.25, -0.2) is 4.39 Å². The van der Waals surface area contributed by atoms with E-state index in [2.05, 4.69) is 10.1 Å². The number of aromatic nitrogens is 3. The Morgan fingerprint density at radius 1 is 1.44 bits per heavy atom. The van der Waals surface area contributed by atoms with Gasteiger partial charge in [-0.2, -0.15) is 5.10 Å². The molecule has 0 radical (unpaired) electrons. The summed E-state index contributed by atoms with van der Waals surface area (Å²) in [7, 11) is 1.81. The molecule has 94 valence electrons. The van der Waals surface area contributed by atoms with Gasteiger partial charge in [-0.15, -0.1) is 0 Å². The molecule has 0 N–H and O–H groups in total. The maximum atomic E-state index is 12.7. The van der Waals surface area contributed by atoms with Gasteiger partial charge in [-0.3, -0.25) is 14.5 Å². The molecule has 0 aliphatic heterocycles. The molecule has 0 fully saturated rings. The topological polar surface area (TPSA) is 47.8 Å². The van der Waals surface area contributed by atoms with Crippen molar-refractivity contribution in [1.82, 2.24) is 14.8 Å². The molecule has 2 aromatic rings. The summed E-state index contributed by atoms with van der Waals surface area (Å²) in [6.07, 6.45) is 2.10. The monoisotopic (exact) mass is 247 g/mol. The minimum absolute atomic E-state index is 0.138. The van der Waals surface area contributed by atoms with Crippen LogP contribution >= 0.6 is 0 Å². The molecule has 0 aromatic carbocycles. The van der Waals surface area contributed by atoms with Crippen LogP contribution in [0.15, 0.2) is 24.4 Å². The lowest BCUT2D eigenvalue weighted by molar-refractivity contribution is 0.0986. The van der Waals surface area contributed by atoms with Crippen LogP contribution in [0.3, 0.4) is 0 Å². The Hall–Kier alpha value is -2.04. The van der Waals surface area contributed by atoms with Crippen LogP contribution in [0.5, 0.6) is 0 Å². The van der Waals surface area contributed by atoms with Crippen molar-refractivity contribution in [3.05, 3.63) is 47.3 Å². The van der Waals surface area contributed by atoms with Crippen molar-refractivity contribution in [3.8, 4) is 0 Å². The average molecular weight is 247 g/mol. The van der Waals surface area contributed by atoms with Crippen LogP contribution in [-0.2, 0) is 19.9 Å². The van der Waals surface area contributed by atoms with Crippen LogP contribution in [-0.4, -0.2) is 20.5 Å². The highest BCUT2D eigenvalue weighted by atomic mass is 19.1. The van der Waals surface area contributed by atoms with E-state index in [0.29, 0.717) is 0 Å². The third-order valence-electron chi connectivity index (χ3n) is 2.74. The Balaban J connectivity index is 2.15. The smallest absolute Gasteiger partial charge is 0.187 e. The number of hydrogen-bond donors (Lipinski definition) is 0. The molecule has 2 heterocycles. The van der Waals surface area contributed by atoms with Crippen LogP contribution in [0, 0.1) is 5.82 Å². The highest BCUT2D eigenvalue weighted by molar-refractivity contribution is 5.95. The largest absolute Gasteiger partial charge is 0.292 e. The predicted octanol–water partition coefficient (Wildman–Crippen LogP) is 1.94. The second-order valence-electron chi connectivity index (χ2n) is 4.07. The van der Waals surface area contributed by atoms with Crippen molar-refractivity contribution in [1.29, 1.82) is 0 Å².